The SMILES string of the molecule is CCc1cc(F)cc(CCN2CCNCC2)c1. The summed E-state index contributed by atoms with van der Waals surface area (Å²) in [5, 5.41) is 3.34. The van der Waals surface area contributed by atoms with Gasteiger partial charge in [0.1, 0.15) is 5.82 Å². The van der Waals surface area contributed by atoms with E-state index in [1.807, 2.05) is 0 Å². The molecule has 94 valence electrons. The van der Waals surface area contributed by atoms with Crippen molar-refractivity contribution in [2.75, 3.05) is 32.7 Å². The molecule has 1 aliphatic heterocycles. The Morgan fingerprint density at radius 3 is 2.59 bits per heavy atom. The summed E-state index contributed by atoms with van der Waals surface area (Å²) < 4.78 is 13.4. The molecule has 3 heteroatoms. The average molecular weight is 236 g/mol. The summed E-state index contributed by atoms with van der Waals surface area (Å²) in [6, 6.07) is 5.43. The first-order valence-corrected chi connectivity index (χ1v) is 6.49. The minimum Gasteiger partial charge on any atom is -0.314 e. The van der Waals surface area contributed by atoms with Crippen LogP contribution in [0.2, 0.25) is 0 Å². The number of nitrogens with one attached hydrogen (secondary N) is 1. The van der Waals surface area contributed by atoms with Gasteiger partial charge in [-0.3, -0.25) is 0 Å². The van der Waals surface area contributed by atoms with Crippen LogP contribution in [0.5, 0.6) is 0 Å². The van der Waals surface area contributed by atoms with Crippen LogP contribution in [-0.2, 0) is 12.8 Å². The Bertz CT molecular complexity index is 359. The highest BCUT2D eigenvalue weighted by molar-refractivity contribution is 5.25. The molecule has 1 aromatic rings. The van der Waals surface area contributed by atoms with Crippen molar-refractivity contribution in [1.82, 2.24) is 10.2 Å². The molecule has 1 fully saturated rings. The van der Waals surface area contributed by atoms with Gasteiger partial charge in [0.15, 0.2) is 0 Å². The molecule has 0 radical (unpaired) electrons. The predicted octanol–water partition coefficient (Wildman–Crippen LogP) is 1.84. The maximum Gasteiger partial charge on any atom is 0.123 e. The van der Waals surface area contributed by atoms with E-state index in [-0.39, 0.29) is 5.82 Å². The van der Waals surface area contributed by atoms with Crippen molar-refractivity contribution in [1.29, 1.82) is 0 Å². The Morgan fingerprint density at radius 2 is 1.88 bits per heavy atom. The Hall–Kier alpha value is -0.930. The molecule has 0 atom stereocenters. The highest BCUT2D eigenvalue weighted by Gasteiger charge is 2.09. The minimum atomic E-state index is -0.0975. The van der Waals surface area contributed by atoms with E-state index in [0.29, 0.717) is 0 Å². The first-order chi connectivity index (χ1) is 8.28. The average Bonchev–Trinajstić information content (AvgIpc) is 2.37. The molecule has 1 N–H and O–H groups in total. The highest BCUT2D eigenvalue weighted by Crippen LogP contribution is 2.11. The van der Waals surface area contributed by atoms with Crippen LogP contribution in [0.4, 0.5) is 4.39 Å². The van der Waals surface area contributed by atoms with E-state index in [0.717, 1.165) is 56.7 Å². The Labute approximate surface area is 103 Å². The van der Waals surface area contributed by atoms with Crippen LogP contribution in [0.15, 0.2) is 18.2 Å². The summed E-state index contributed by atoms with van der Waals surface area (Å²) in [6.07, 6.45) is 1.85. The van der Waals surface area contributed by atoms with Crippen molar-refractivity contribution in [2.24, 2.45) is 0 Å². The molecule has 1 aromatic carbocycles. The quantitative estimate of drug-likeness (QED) is 0.858. The second-order valence-electron chi connectivity index (χ2n) is 4.66. The largest absolute Gasteiger partial charge is 0.314 e. The maximum atomic E-state index is 13.4. The molecule has 2 rings (SSSR count). The molecule has 0 unspecified atom stereocenters. The summed E-state index contributed by atoms with van der Waals surface area (Å²) >= 11 is 0. The van der Waals surface area contributed by atoms with Crippen LogP contribution in [0.25, 0.3) is 0 Å². The second kappa shape index (κ2) is 6.12. The number of benzene rings is 1. The molecule has 0 aliphatic carbocycles. The van der Waals surface area contributed by atoms with Crippen molar-refractivity contribution >= 4 is 0 Å². The van der Waals surface area contributed by atoms with Crippen LogP contribution in [0.3, 0.4) is 0 Å². The number of hydrogen-bond acceptors (Lipinski definition) is 2. The summed E-state index contributed by atoms with van der Waals surface area (Å²) in [4.78, 5) is 2.44. The van der Waals surface area contributed by atoms with E-state index < -0.39 is 0 Å². The molecule has 2 nitrogen and oxygen atoms in total. The maximum absolute atomic E-state index is 13.4. The number of piperazine rings is 1. The van der Waals surface area contributed by atoms with Gasteiger partial charge in [0.2, 0.25) is 0 Å². The van der Waals surface area contributed by atoms with Crippen LogP contribution in [-0.4, -0.2) is 37.6 Å². The predicted molar refractivity (Wildman–Crippen MR) is 68.8 cm³/mol. The van der Waals surface area contributed by atoms with Gasteiger partial charge in [0.05, 0.1) is 0 Å². The lowest BCUT2D eigenvalue weighted by Crippen LogP contribution is -2.44. The lowest BCUT2D eigenvalue weighted by molar-refractivity contribution is 0.244. The van der Waals surface area contributed by atoms with Crippen molar-refractivity contribution in [3.8, 4) is 0 Å². The van der Waals surface area contributed by atoms with Crippen molar-refractivity contribution < 1.29 is 4.39 Å². The molecule has 1 heterocycles. The van der Waals surface area contributed by atoms with Crippen molar-refractivity contribution in [3.05, 3.63) is 35.1 Å². The zero-order valence-electron chi connectivity index (χ0n) is 10.5. The van der Waals surface area contributed by atoms with Gasteiger partial charge in [-0.2, -0.15) is 0 Å². The molecule has 1 aliphatic rings. The van der Waals surface area contributed by atoms with Crippen LogP contribution in [0, 0.1) is 5.82 Å². The van der Waals surface area contributed by atoms with Gasteiger partial charge in [0, 0.05) is 32.7 Å². The minimum absolute atomic E-state index is 0.0975. The summed E-state index contributed by atoms with van der Waals surface area (Å²) in [7, 11) is 0. The fourth-order valence-electron chi connectivity index (χ4n) is 2.29. The van der Waals surface area contributed by atoms with Gasteiger partial charge in [-0.1, -0.05) is 13.0 Å². The molecule has 1 saturated heterocycles. The first-order valence-electron chi connectivity index (χ1n) is 6.49. The monoisotopic (exact) mass is 236 g/mol. The van der Waals surface area contributed by atoms with Crippen LogP contribution in [0.1, 0.15) is 18.1 Å². The van der Waals surface area contributed by atoms with Gasteiger partial charge >= 0.3 is 0 Å². The zero-order valence-corrected chi connectivity index (χ0v) is 10.5. The first kappa shape index (κ1) is 12.5. The van der Waals surface area contributed by atoms with E-state index in [1.54, 1.807) is 12.1 Å². The number of rotatable bonds is 4. The molecule has 0 amide bonds. The number of aryl methyl sites for hydroxylation is 1. The summed E-state index contributed by atoms with van der Waals surface area (Å²) in [5.41, 5.74) is 2.22. The Morgan fingerprint density at radius 1 is 1.18 bits per heavy atom. The molecule has 0 saturated carbocycles. The summed E-state index contributed by atoms with van der Waals surface area (Å²) in [5.74, 6) is -0.0975. The van der Waals surface area contributed by atoms with Gasteiger partial charge in [-0.25, -0.2) is 4.39 Å². The number of nitrogens with zero attached hydrogens (tertiary/aromatic N) is 1. The lowest BCUT2D eigenvalue weighted by Gasteiger charge is -2.27. The highest BCUT2D eigenvalue weighted by atomic mass is 19.1. The van der Waals surface area contributed by atoms with E-state index in [1.165, 1.54) is 0 Å². The lowest BCUT2D eigenvalue weighted by atomic mass is 10.1. The molecule has 0 spiro atoms. The molecular formula is C14H21FN2. The second-order valence-corrected chi connectivity index (χ2v) is 4.66. The molecular weight excluding hydrogens is 215 g/mol. The van der Waals surface area contributed by atoms with Gasteiger partial charge in [-0.15, -0.1) is 0 Å². The van der Waals surface area contributed by atoms with E-state index >= 15 is 0 Å². The topological polar surface area (TPSA) is 15.3 Å². The number of halogens is 1. The third kappa shape index (κ3) is 3.79. The molecule has 17 heavy (non-hydrogen) atoms. The third-order valence-corrected chi connectivity index (χ3v) is 3.35. The molecule has 0 aromatic heterocycles. The fourth-order valence-corrected chi connectivity index (χ4v) is 2.29. The number of hydrogen-bond donors (Lipinski definition) is 1. The van der Waals surface area contributed by atoms with Crippen molar-refractivity contribution in [3.63, 3.8) is 0 Å². The van der Waals surface area contributed by atoms with Gasteiger partial charge in [0.25, 0.3) is 0 Å². The zero-order chi connectivity index (χ0) is 12.1. The third-order valence-electron chi connectivity index (χ3n) is 3.35. The van der Waals surface area contributed by atoms with E-state index in [9.17, 15) is 4.39 Å². The van der Waals surface area contributed by atoms with Gasteiger partial charge in [-0.05, 0) is 36.1 Å². The summed E-state index contributed by atoms with van der Waals surface area (Å²) in [6.45, 7) is 7.46. The van der Waals surface area contributed by atoms with Crippen LogP contribution >= 0.6 is 0 Å². The van der Waals surface area contributed by atoms with E-state index in [2.05, 4.69) is 23.2 Å². The molecule has 0 bridgehead atoms. The van der Waals surface area contributed by atoms with Crippen LogP contribution < -0.4 is 5.32 Å². The van der Waals surface area contributed by atoms with E-state index in [4.69, 9.17) is 0 Å². The Kier molecular flexibility index (Phi) is 4.51. The van der Waals surface area contributed by atoms with Gasteiger partial charge < -0.3 is 10.2 Å². The fraction of sp³-hybridized carbons (Fsp3) is 0.571. The smallest absolute Gasteiger partial charge is 0.123 e. The Balaban J connectivity index is 1.91. The standard InChI is InChI=1S/C14H21FN2/c1-2-12-9-13(11-14(15)10-12)3-6-17-7-4-16-5-8-17/h9-11,16H,2-8H2,1H3. The normalized spacial score (nSPS) is 17.3. The van der Waals surface area contributed by atoms with Crippen molar-refractivity contribution in [2.45, 2.75) is 19.8 Å².